The SMILES string of the molecule is CCCC[C]=C[Si](C)(C)C.[CH2]CCC.[CH2]CCC.[HH].[Sn]. The van der Waals surface area contributed by atoms with E-state index in [2.05, 4.69) is 66.0 Å². The minimum Gasteiger partial charge on any atom is -0.0916 e. The molecule has 0 bridgehead atoms. The van der Waals surface area contributed by atoms with Gasteiger partial charge in [-0.2, -0.15) is 0 Å². The summed E-state index contributed by atoms with van der Waals surface area (Å²) in [5.74, 6) is 0. The Hall–Kier alpha value is 0.756. The molecule has 0 unspecified atom stereocenters. The van der Waals surface area contributed by atoms with Crippen LogP contribution < -0.4 is 0 Å². The van der Waals surface area contributed by atoms with Crippen LogP contribution in [0, 0.1) is 19.9 Å². The second kappa shape index (κ2) is 23.8. The predicted octanol–water partition coefficient (Wildman–Crippen LogP) is 6.52. The van der Waals surface area contributed by atoms with Gasteiger partial charge in [0, 0.05) is 25.3 Å². The van der Waals surface area contributed by atoms with E-state index < -0.39 is 8.07 Å². The first-order valence-electron chi connectivity index (χ1n) is 7.55. The maximum absolute atomic E-state index is 3.60. The molecule has 0 nitrogen and oxygen atoms in total. The Labute approximate surface area is 144 Å². The smallest absolute Gasteiger partial charge is 0.0690 e. The van der Waals surface area contributed by atoms with Crippen LogP contribution >= 0.6 is 0 Å². The molecule has 0 aromatic rings. The Morgan fingerprint density at radius 2 is 1.32 bits per heavy atom. The molecule has 0 saturated heterocycles. The molecule has 0 aromatic carbocycles. The van der Waals surface area contributed by atoms with Crippen molar-refractivity contribution in [3.05, 3.63) is 25.6 Å². The van der Waals surface area contributed by atoms with Crippen molar-refractivity contribution in [3.63, 3.8) is 0 Å². The third kappa shape index (κ3) is 55.3. The zero-order valence-electron chi connectivity index (χ0n) is 14.4. The van der Waals surface area contributed by atoms with Gasteiger partial charge in [0.25, 0.3) is 0 Å². The summed E-state index contributed by atoms with van der Waals surface area (Å²) in [4.78, 5) is 0. The van der Waals surface area contributed by atoms with E-state index in [-0.39, 0.29) is 25.3 Å². The van der Waals surface area contributed by atoms with Crippen LogP contribution in [0.15, 0.2) is 5.70 Å². The van der Waals surface area contributed by atoms with Gasteiger partial charge in [-0.15, -0.1) is 0 Å². The molecule has 0 heterocycles. The maximum atomic E-state index is 3.60. The average molecular weight is 390 g/mol. The molecular weight excluding hydrogens is 351 g/mol. The van der Waals surface area contributed by atoms with Gasteiger partial charge in [-0.3, -0.25) is 0 Å². The van der Waals surface area contributed by atoms with E-state index >= 15 is 0 Å². The minimum atomic E-state index is -0.943. The summed E-state index contributed by atoms with van der Waals surface area (Å²) in [6.45, 7) is 20.7. The van der Waals surface area contributed by atoms with E-state index in [4.69, 9.17) is 0 Å². The summed E-state index contributed by atoms with van der Waals surface area (Å²) in [6.07, 6.45) is 11.6. The molecule has 0 saturated carbocycles. The summed E-state index contributed by atoms with van der Waals surface area (Å²) >= 11 is 0. The zero-order valence-corrected chi connectivity index (χ0v) is 18.3. The first-order valence-corrected chi connectivity index (χ1v) is 11.1. The van der Waals surface area contributed by atoms with Crippen LogP contribution in [0.1, 0.15) is 67.1 Å². The van der Waals surface area contributed by atoms with E-state index in [1.807, 2.05) is 0 Å². The molecule has 0 rings (SSSR count). The van der Waals surface area contributed by atoms with Gasteiger partial charge >= 0.3 is 0 Å². The Morgan fingerprint density at radius 1 is 0.947 bits per heavy atom. The van der Waals surface area contributed by atoms with Crippen molar-refractivity contribution >= 4 is 32.0 Å². The number of rotatable bonds is 6. The third-order valence-corrected chi connectivity index (χ3v) is 2.99. The van der Waals surface area contributed by atoms with Gasteiger partial charge in [-0.25, -0.2) is 0 Å². The van der Waals surface area contributed by atoms with Crippen LogP contribution in [-0.4, -0.2) is 32.0 Å². The monoisotopic (exact) mass is 391 g/mol. The van der Waals surface area contributed by atoms with E-state index in [0.29, 0.717) is 0 Å². The summed E-state index contributed by atoms with van der Waals surface area (Å²) in [5, 5.41) is 0. The van der Waals surface area contributed by atoms with Crippen LogP contribution in [0.4, 0.5) is 0 Å². The van der Waals surface area contributed by atoms with Crippen LogP contribution in [0.3, 0.4) is 0 Å². The molecule has 7 radical (unpaired) electrons. The van der Waals surface area contributed by atoms with Crippen molar-refractivity contribution in [2.75, 3.05) is 0 Å². The normalized spacial score (nSPS) is 9.89. The van der Waals surface area contributed by atoms with Gasteiger partial charge in [0.15, 0.2) is 0 Å². The van der Waals surface area contributed by atoms with Gasteiger partial charge in [-0.05, 0) is 12.8 Å². The first-order chi connectivity index (χ1) is 8.39. The van der Waals surface area contributed by atoms with Gasteiger partial charge < -0.3 is 0 Å². The Balaban J connectivity index is -0.0000000637. The molecule has 0 amide bonds. The molecule has 0 N–H and O–H groups in total. The molecule has 2 heteroatoms. The van der Waals surface area contributed by atoms with Crippen molar-refractivity contribution in [1.29, 1.82) is 0 Å². The van der Waals surface area contributed by atoms with Crippen molar-refractivity contribution in [2.24, 2.45) is 0 Å². The molecular formula is C17H39SiSn. The maximum Gasteiger partial charge on any atom is 0.0690 e. The second-order valence-electron chi connectivity index (χ2n) is 5.53. The van der Waals surface area contributed by atoms with Gasteiger partial charge in [0.05, 0.1) is 8.07 Å². The number of hydrogen-bond acceptors (Lipinski definition) is 0. The Kier molecular flexibility index (Phi) is 35.1. The Morgan fingerprint density at radius 3 is 1.53 bits per heavy atom. The van der Waals surface area contributed by atoms with Crippen LogP contribution in [0.2, 0.25) is 19.6 Å². The fraction of sp³-hybridized carbons (Fsp3) is 0.765. The van der Waals surface area contributed by atoms with Crippen molar-refractivity contribution in [1.82, 2.24) is 0 Å². The van der Waals surface area contributed by atoms with Crippen LogP contribution in [0.5, 0.6) is 0 Å². The quantitative estimate of drug-likeness (QED) is 0.358. The molecule has 0 spiro atoms. The first kappa shape index (κ1) is 28.0. The predicted molar refractivity (Wildman–Crippen MR) is 99.1 cm³/mol. The summed E-state index contributed by atoms with van der Waals surface area (Å²) in [5.41, 5.74) is 2.31. The summed E-state index contributed by atoms with van der Waals surface area (Å²) < 4.78 is 0. The molecule has 0 aromatic heterocycles. The molecule has 0 aliphatic heterocycles. The van der Waals surface area contributed by atoms with E-state index in [1.54, 1.807) is 0 Å². The third-order valence-electron chi connectivity index (χ3n) is 1.92. The average Bonchev–Trinajstić information content (AvgIpc) is 2.34. The summed E-state index contributed by atoms with van der Waals surface area (Å²) in [6, 6.07) is 0. The molecule has 0 aliphatic carbocycles. The molecule has 0 aliphatic rings. The standard InChI is InChI=1S/C9H19Si.2C4H9.Sn.H2/c1-5-6-7-8-9-10(2,3)4;2*1-3-4-2;;/h9H,5-7H2,1-4H3;2*1,3-4H2,2H3;;1H. The largest absolute Gasteiger partial charge is 0.0916 e. The topological polar surface area (TPSA) is 0 Å². The number of unbranched alkanes of at least 4 members (excludes halogenated alkanes) is 4. The van der Waals surface area contributed by atoms with Gasteiger partial charge in [0.2, 0.25) is 0 Å². The van der Waals surface area contributed by atoms with Crippen LogP contribution in [-0.2, 0) is 0 Å². The minimum absolute atomic E-state index is 0. The van der Waals surface area contributed by atoms with E-state index in [1.165, 1.54) is 25.7 Å². The fourth-order valence-corrected chi connectivity index (χ4v) is 1.41. The Bertz CT molecular complexity index is 146. The molecule has 0 fully saturated rings. The fourth-order valence-electron chi connectivity index (χ4n) is 0.657. The van der Waals surface area contributed by atoms with Crippen molar-refractivity contribution in [3.8, 4) is 0 Å². The van der Waals surface area contributed by atoms with Crippen molar-refractivity contribution < 1.29 is 1.43 Å². The number of hydrogen-bond donors (Lipinski definition) is 0. The number of allylic oxidation sites excluding steroid dienone is 1. The van der Waals surface area contributed by atoms with E-state index in [9.17, 15) is 0 Å². The molecule has 115 valence electrons. The van der Waals surface area contributed by atoms with Gasteiger partial charge in [0.1, 0.15) is 0 Å². The zero-order chi connectivity index (χ0) is 14.9. The molecule has 19 heavy (non-hydrogen) atoms. The summed E-state index contributed by atoms with van der Waals surface area (Å²) in [7, 11) is -0.943. The van der Waals surface area contributed by atoms with Crippen LogP contribution in [0.25, 0.3) is 0 Å². The van der Waals surface area contributed by atoms with E-state index in [0.717, 1.165) is 19.3 Å². The van der Waals surface area contributed by atoms with Gasteiger partial charge in [-0.1, -0.05) is 98.1 Å². The second-order valence-corrected chi connectivity index (χ2v) is 10.5. The molecule has 0 atom stereocenters. The van der Waals surface area contributed by atoms with Crippen molar-refractivity contribution in [2.45, 2.75) is 85.4 Å².